The summed E-state index contributed by atoms with van der Waals surface area (Å²) in [6.07, 6.45) is 0.606. The molecule has 3 rings (SSSR count). The lowest BCUT2D eigenvalue weighted by atomic mass is 10.1. The lowest BCUT2D eigenvalue weighted by Gasteiger charge is -2.31. The molecule has 0 bridgehead atoms. The van der Waals surface area contributed by atoms with Gasteiger partial charge in [-0.2, -0.15) is 0 Å². The normalized spacial score (nSPS) is 22.8. The first kappa shape index (κ1) is 13.4. The summed E-state index contributed by atoms with van der Waals surface area (Å²) in [6.45, 7) is 5.08. The Kier molecular flexibility index (Phi) is 3.89. The number of hydrogen-bond donors (Lipinski definition) is 1. The van der Waals surface area contributed by atoms with Crippen molar-refractivity contribution in [3.63, 3.8) is 0 Å². The van der Waals surface area contributed by atoms with E-state index in [0.717, 1.165) is 50.6 Å². The van der Waals surface area contributed by atoms with Crippen LogP contribution in [-0.4, -0.2) is 61.4 Å². The number of anilines is 1. The maximum absolute atomic E-state index is 11.5. The molecule has 1 atom stereocenters. The van der Waals surface area contributed by atoms with Crippen molar-refractivity contribution in [1.29, 1.82) is 0 Å². The molecule has 108 valence electrons. The van der Waals surface area contributed by atoms with Crippen LogP contribution < -0.4 is 4.90 Å². The molecule has 5 heteroatoms. The zero-order valence-corrected chi connectivity index (χ0v) is 11.5. The highest BCUT2D eigenvalue weighted by Gasteiger charge is 2.34. The summed E-state index contributed by atoms with van der Waals surface area (Å²) in [5, 5.41) is 9.42. The van der Waals surface area contributed by atoms with Crippen molar-refractivity contribution >= 4 is 11.7 Å². The number of rotatable bonds is 4. The van der Waals surface area contributed by atoms with E-state index in [2.05, 4.69) is 4.90 Å². The number of ether oxygens (including phenoxy) is 1. The predicted octanol–water partition coefficient (Wildman–Crippen LogP) is 0.835. The van der Waals surface area contributed by atoms with E-state index < -0.39 is 12.0 Å². The van der Waals surface area contributed by atoms with Crippen LogP contribution in [0.25, 0.3) is 0 Å². The Bertz CT molecular complexity index is 486. The quantitative estimate of drug-likeness (QED) is 0.883. The summed E-state index contributed by atoms with van der Waals surface area (Å²) >= 11 is 0. The van der Waals surface area contributed by atoms with Crippen molar-refractivity contribution in [2.75, 3.05) is 44.3 Å². The van der Waals surface area contributed by atoms with Gasteiger partial charge in [0.2, 0.25) is 0 Å². The predicted molar refractivity (Wildman–Crippen MR) is 76.2 cm³/mol. The molecule has 1 saturated heterocycles. The van der Waals surface area contributed by atoms with E-state index in [-0.39, 0.29) is 0 Å². The second-order valence-electron chi connectivity index (χ2n) is 5.33. The first-order valence-electron chi connectivity index (χ1n) is 7.13. The highest BCUT2D eigenvalue weighted by Crippen LogP contribution is 2.31. The average molecular weight is 276 g/mol. The SMILES string of the molecule is O=C(O)C1Cc2ccccc2N1CCN1CCOCC1. The van der Waals surface area contributed by atoms with Crippen LogP contribution in [0.4, 0.5) is 5.69 Å². The van der Waals surface area contributed by atoms with Gasteiger partial charge in [-0.05, 0) is 11.6 Å². The summed E-state index contributed by atoms with van der Waals surface area (Å²) in [4.78, 5) is 15.8. The van der Waals surface area contributed by atoms with Gasteiger partial charge in [-0.15, -0.1) is 0 Å². The number of carboxylic acids is 1. The smallest absolute Gasteiger partial charge is 0.326 e. The Morgan fingerprint density at radius 1 is 1.25 bits per heavy atom. The molecule has 2 heterocycles. The Balaban J connectivity index is 1.70. The van der Waals surface area contributed by atoms with Crippen molar-refractivity contribution in [3.8, 4) is 0 Å². The third-order valence-corrected chi connectivity index (χ3v) is 4.14. The van der Waals surface area contributed by atoms with E-state index in [9.17, 15) is 9.90 Å². The Labute approximate surface area is 118 Å². The average Bonchev–Trinajstić information content (AvgIpc) is 2.85. The molecule has 5 nitrogen and oxygen atoms in total. The van der Waals surface area contributed by atoms with Gasteiger partial charge >= 0.3 is 5.97 Å². The first-order valence-corrected chi connectivity index (χ1v) is 7.13. The summed E-state index contributed by atoms with van der Waals surface area (Å²) in [7, 11) is 0. The molecule has 0 amide bonds. The van der Waals surface area contributed by atoms with Gasteiger partial charge in [0.25, 0.3) is 0 Å². The molecule has 0 radical (unpaired) electrons. The third kappa shape index (κ3) is 2.64. The highest BCUT2D eigenvalue weighted by molar-refractivity contribution is 5.82. The number of aliphatic carboxylic acids is 1. The number of benzene rings is 1. The van der Waals surface area contributed by atoms with E-state index in [1.165, 1.54) is 0 Å². The van der Waals surface area contributed by atoms with Crippen LogP contribution in [0.1, 0.15) is 5.56 Å². The van der Waals surface area contributed by atoms with E-state index in [0.29, 0.717) is 6.42 Å². The van der Waals surface area contributed by atoms with E-state index in [4.69, 9.17) is 4.74 Å². The van der Waals surface area contributed by atoms with Crippen LogP contribution >= 0.6 is 0 Å². The largest absolute Gasteiger partial charge is 0.480 e. The molecule has 1 aromatic carbocycles. The van der Waals surface area contributed by atoms with Gasteiger partial charge in [0.15, 0.2) is 0 Å². The molecule has 0 aliphatic carbocycles. The monoisotopic (exact) mass is 276 g/mol. The summed E-state index contributed by atoms with van der Waals surface area (Å²) in [5.74, 6) is -0.733. The number of carbonyl (C=O) groups is 1. The summed E-state index contributed by atoms with van der Waals surface area (Å²) in [6, 6.07) is 7.58. The van der Waals surface area contributed by atoms with Gasteiger partial charge in [-0.3, -0.25) is 4.90 Å². The van der Waals surface area contributed by atoms with Gasteiger partial charge in [-0.25, -0.2) is 4.79 Å². The lowest BCUT2D eigenvalue weighted by molar-refractivity contribution is -0.138. The van der Waals surface area contributed by atoms with Crippen molar-refractivity contribution in [3.05, 3.63) is 29.8 Å². The van der Waals surface area contributed by atoms with Crippen LogP contribution in [0.15, 0.2) is 24.3 Å². The molecule has 2 aliphatic rings. The van der Waals surface area contributed by atoms with Gasteiger partial charge in [0.05, 0.1) is 13.2 Å². The fourth-order valence-electron chi connectivity index (χ4n) is 3.02. The van der Waals surface area contributed by atoms with Gasteiger partial charge in [0.1, 0.15) is 6.04 Å². The minimum Gasteiger partial charge on any atom is -0.480 e. The van der Waals surface area contributed by atoms with Crippen molar-refractivity contribution < 1.29 is 14.6 Å². The number of fused-ring (bicyclic) bond motifs is 1. The molecule has 0 aromatic heterocycles. The second-order valence-corrected chi connectivity index (χ2v) is 5.33. The molecular weight excluding hydrogens is 256 g/mol. The van der Waals surface area contributed by atoms with E-state index in [1.54, 1.807) is 0 Å². The number of carboxylic acid groups (broad SMARTS) is 1. The molecule has 1 aromatic rings. The minimum atomic E-state index is -0.733. The second kappa shape index (κ2) is 5.81. The van der Waals surface area contributed by atoms with E-state index in [1.807, 2.05) is 29.2 Å². The Morgan fingerprint density at radius 3 is 2.75 bits per heavy atom. The van der Waals surface area contributed by atoms with Gasteiger partial charge < -0.3 is 14.7 Å². The third-order valence-electron chi connectivity index (χ3n) is 4.14. The Morgan fingerprint density at radius 2 is 2.00 bits per heavy atom. The maximum atomic E-state index is 11.5. The zero-order valence-electron chi connectivity index (χ0n) is 11.5. The molecular formula is C15H20N2O3. The fourth-order valence-corrected chi connectivity index (χ4v) is 3.02. The molecule has 1 N–H and O–H groups in total. The Hall–Kier alpha value is -1.59. The van der Waals surface area contributed by atoms with Crippen LogP contribution in [-0.2, 0) is 16.0 Å². The minimum absolute atomic E-state index is 0.423. The van der Waals surface area contributed by atoms with Crippen molar-refractivity contribution in [2.24, 2.45) is 0 Å². The molecule has 0 spiro atoms. The highest BCUT2D eigenvalue weighted by atomic mass is 16.5. The van der Waals surface area contributed by atoms with Crippen LogP contribution in [0.2, 0.25) is 0 Å². The van der Waals surface area contributed by atoms with E-state index >= 15 is 0 Å². The van der Waals surface area contributed by atoms with Crippen molar-refractivity contribution in [1.82, 2.24) is 4.90 Å². The molecule has 1 unspecified atom stereocenters. The van der Waals surface area contributed by atoms with Gasteiger partial charge in [-0.1, -0.05) is 18.2 Å². The summed E-state index contributed by atoms with van der Waals surface area (Å²) < 4.78 is 5.34. The zero-order chi connectivity index (χ0) is 13.9. The van der Waals surface area contributed by atoms with Crippen molar-refractivity contribution in [2.45, 2.75) is 12.5 Å². The molecule has 2 aliphatic heterocycles. The van der Waals surface area contributed by atoms with Gasteiger partial charge in [0, 0.05) is 38.3 Å². The number of para-hydroxylation sites is 1. The summed E-state index contributed by atoms with van der Waals surface area (Å²) in [5.41, 5.74) is 2.22. The number of hydrogen-bond acceptors (Lipinski definition) is 4. The first-order chi connectivity index (χ1) is 9.75. The number of nitrogens with zero attached hydrogens (tertiary/aromatic N) is 2. The van der Waals surface area contributed by atoms with Crippen LogP contribution in [0, 0.1) is 0 Å². The molecule has 0 saturated carbocycles. The topological polar surface area (TPSA) is 53.0 Å². The molecule has 1 fully saturated rings. The lowest BCUT2D eigenvalue weighted by Crippen LogP contribution is -2.45. The standard InChI is InChI=1S/C15H20N2O3/c18-15(19)14-11-12-3-1-2-4-13(12)17(14)6-5-16-7-9-20-10-8-16/h1-4,14H,5-11H2,(H,18,19). The molecule has 20 heavy (non-hydrogen) atoms. The number of morpholine rings is 1. The fraction of sp³-hybridized carbons (Fsp3) is 0.533. The maximum Gasteiger partial charge on any atom is 0.326 e. The van der Waals surface area contributed by atoms with Crippen LogP contribution in [0.3, 0.4) is 0 Å². The van der Waals surface area contributed by atoms with Crippen LogP contribution in [0.5, 0.6) is 0 Å².